The molecule has 1 aromatic heterocycles. The summed E-state index contributed by atoms with van der Waals surface area (Å²) in [5.41, 5.74) is 2.49. The zero-order valence-corrected chi connectivity index (χ0v) is 13.7. The number of hydrogen-bond donors (Lipinski definition) is 1. The van der Waals surface area contributed by atoms with Crippen molar-refractivity contribution in [3.8, 4) is 0 Å². The van der Waals surface area contributed by atoms with Crippen LogP contribution >= 0.6 is 11.6 Å². The van der Waals surface area contributed by atoms with Crippen LogP contribution in [0.15, 0.2) is 34.7 Å². The Balaban J connectivity index is 1.93. The van der Waals surface area contributed by atoms with Crippen LogP contribution in [0.5, 0.6) is 0 Å². The van der Waals surface area contributed by atoms with Crippen LogP contribution in [0.2, 0.25) is 5.02 Å². The van der Waals surface area contributed by atoms with Crippen LogP contribution in [0.1, 0.15) is 29.6 Å². The number of benzene rings is 1. The second-order valence-electron chi connectivity index (χ2n) is 5.37. The van der Waals surface area contributed by atoms with Gasteiger partial charge in [0, 0.05) is 23.7 Å². The minimum Gasteiger partial charge on any atom is -0.465 e. The molecule has 4 heteroatoms. The predicted molar refractivity (Wildman–Crippen MR) is 87.4 cm³/mol. The number of aryl methyl sites for hydroxylation is 1. The van der Waals surface area contributed by atoms with E-state index in [0.29, 0.717) is 0 Å². The maximum atomic E-state index is 5.91. The summed E-state index contributed by atoms with van der Waals surface area (Å²) in [6.07, 6.45) is 0. The molecule has 21 heavy (non-hydrogen) atoms. The summed E-state index contributed by atoms with van der Waals surface area (Å²) in [5, 5.41) is 4.11. The summed E-state index contributed by atoms with van der Waals surface area (Å²) in [5.74, 6) is 2.02. The summed E-state index contributed by atoms with van der Waals surface area (Å²) in [7, 11) is 2.09. The standard InChI is InChI=1S/C17H23ClN2O/c1-4-19-10-15-9-17(21-13(15)2)12-20(3)11-14-5-7-16(18)8-6-14/h5-9,19H,4,10-12H2,1-3H3. The molecule has 114 valence electrons. The smallest absolute Gasteiger partial charge is 0.118 e. The lowest BCUT2D eigenvalue weighted by molar-refractivity contribution is 0.285. The van der Waals surface area contributed by atoms with Crippen LogP contribution in [-0.4, -0.2) is 18.5 Å². The van der Waals surface area contributed by atoms with E-state index >= 15 is 0 Å². The molecule has 1 heterocycles. The van der Waals surface area contributed by atoms with Crippen molar-refractivity contribution in [1.82, 2.24) is 10.2 Å². The number of halogens is 1. The Bertz CT molecular complexity index is 563. The lowest BCUT2D eigenvalue weighted by Gasteiger charge is -2.15. The van der Waals surface area contributed by atoms with E-state index in [2.05, 4.69) is 42.4 Å². The lowest BCUT2D eigenvalue weighted by atomic mass is 10.2. The van der Waals surface area contributed by atoms with Crippen molar-refractivity contribution in [3.05, 3.63) is 58.0 Å². The summed E-state index contributed by atoms with van der Waals surface area (Å²) in [6.45, 7) is 7.64. The Kier molecular flexibility index (Phi) is 5.85. The van der Waals surface area contributed by atoms with Gasteiger partial charge in [0.2, 0.25) is 0 Å². The van der Waals surface area contributed by atoms with Gasteiger partial charge in [-0.2, -0.15) is 0 Å². The van der Waals surface area contributed by atoms with Gasteiger partial charge in [-0.1, -0.05) is 30.7 Å². The zero-order chi connectivity index (χ0) is 15.2. The Hall–Kier alpha value is -1.29. The molecule has 0 saturated carbocycles. The highest BCUT2D eigenvalue weighted by atomic mass is 35.5. The first-order valence-electron chi connectivity index (χ1n) is 7.30. The number of furan rings is 1. The fourth-order valence-electron chi connectivity index (χ4n) is 2.32. The van der Waals surface area contributed by atoms with Crippen molar-refractivity contribution in [2.75, 3.05) is 13.6 Å². The van der Waals surface area contributed by atoms with E-state index in [1.54, 1.807) is 0 Å². The molecule has 0 aliphatic carbocycles. The molecule has 0 aliphatic heterocycles. The second-order valence-corrected chi connectivity index (χ2v) is 5.81. The quantitative estimate of drug-likeness (QED) is 0.838. The van der Waals surface area contributed by atoms with Crippen LogP contribution in [0.25, 0.3) is 0 Å². The van der Waals surface area contributed by atoms with E-state index in [4.69, 9.17) is 16.0 Å². The molecule has 0 radical (unpaired) electrons. The first-order valence-corrected chi connectivity index (χ1v) is 7.68. The van der Waals surface area contributed by atoms with E-state index in [1.807, 2.05) is 19.1 Å². The third kappa shape index (κ3) is 4.88. The summed E-state index contributed by atoms with van der Waals surface area (Å²) < 4.78 is 5.84. The van der Waals surface area contributed by atoms with Gasteiger partial charge in [0.1, 0.15) is 11.5 Å². The Labute approximate surface area is 131 Å². The van der Waals surface area contributed by atoms with Gasteiger partial charge in [0.05, 0.1) is 6.54 Å². The third-order valence-electron chi connectivity index (χ3n) is 3.43. The number of rotatable bonds is 7. The third-order valence-corrected chi connectivity index (χ3v) is 3.68. The van der Waals surface area contributed by atoms with E-state index in [0.717, 1.165) is 42.7 Å². The molecule has 0 saturated heterocycles. The molecular weight excluding hydrogens is 284 g/mol. The van der Waals surface area contributed by atoms with Crippen LogP contribution < -0.4 is 5.32 Å². The molecule has 2 aromatic rings. The molecular formula is C17H23ClN2O. The Morgan fingerprint density at radius 1 is 1.19 bits per heavy atom. The molecule has 0 unspecified atom stereocenters. The van der Waals surface area contributed by atoms with E-state index < -0.39 is 0 Å². The molecule has 2 rings (SSSR count). The minimum atomic E-state index is 0.774. The zero-order valence-electron chi connectivity index (χ0n) is 12.9. The first-order chi connectivity index (χ1) is 10.1. The van der Waals surface area contributed by atoms with Gasteiger partial charge in [-0.3, -0.25) is 4.90 Å². The van der Waals surface area contributed by atoms with Gasteiger partial charge in [0.15, 0.2) is 0 Å². The minimum absolute atomic E-state index is 0.774. The molecule has 0 spiro atoms. The molecule has 1 aromatic carbocycles. The van der Waals surface area contributed by atoms with Crippen molar-refractivity contribution in [1.29, 1.82) is 0 Å². The highest BCUT2D eigenvalue weighted by Gasteiger charge is 2.09. The summed E-state index contributed by atoms with van der Waals surface area (Å²) in [6, 6.07) is 10.1. The molecule has 1 N–H and O–H groups in total. The van der Waals surface area contributed by atoms with E-state index in [1.165, 1.54) is 11.1 Å². The lowest BCUT2D eigenvalue weighted by Crippen LogP contribution is -2.16. The van der Waals surface area contributed by atoms with Gasteiger partial charge < -0.3 is 9.73 Å². The van der Waals surface area contributed by atoms with Gasteiger partial charge in [-0.25, -0.2) is 0 Å². The second kappa shape index (κ2) is 7.64. The number of nitrogens with one attached hydrogen (secondary N) is 1. The van der Waals surface area contributed by atoms with Gasteiger partial charge >= 0.3 is 0 Å². The fourth-order valence-corrected chi connectivity index (χ4v) is 2.45. The van der Waals surface area contributed by atoms with E-state index in [-0.39, 0.29) is 0 Å². The Morgan fingerprint density at radius 3 is 2.57 bits per heavy atom. The molecule has 0 amide bonds. The Morgan fingerprint density at radius 2 is 1.90 bits per heavy atom. The molecule has 0 bridgehead atoms. The van der Waals surface area contributed by atoms with Crippen LogP contribution in [0.4, 0.5) is 0 Å². The van der Waals surface area contributed by atoms with Crippen molar-refractivity contribution in [2.45, 2.75) is 33.5 Å². The molecule has 0 atom stereocenters. The maximum Gasteiger partial charge on any atom is 0.118 e. The normalized spacial score (nSPS) is 11.3. The number of hydrogen-bond acceptors (Lipinski definition) is 3. The fraction of sp³-hybridized carbons (Fsp3) is 0.412. The van der Waals surface area contributed by atoms with Gasteiger partial charge in [-0.15, -0.1) is 0 Å². The SMILES string of the molecule is CCNCc1cc(CN(C)Cc2ccc(Cl)cc2)oc1C. The van der Waals surface area contributed by atoms with Crippen LogP contribution in [0, 0.1) is 6.92 Å². The predicted octanol–water partition coefficient (Wildman–Crippen LogP) is 3.98. The van der Waals surface area contributed by atoms with E-state index in [9.17, 15) is 0 Å². The molecule has 0 aliphatic rings. The average Bonchev–Trinajstić information content (AvgIpc) is 2.79. The van der Waals surface area contributed by atoms with Crippen molar-refractivity contribution < 1.29 is 4.42 Å². The monoisotopic (exact) mass is 306 g/mol. The van der Waals surface area contributed by atoms with Crippen molar-refractivity contribution in [2.24, 2.45) is 0 Å². The highest BCUT2D eigenvalue weighted by Crippen LogP contribution is 2.17. The first kappa shape index (κ1) is 16.1. The van der Waals surface area contributed by atoms with Crippen molar-refractivity contribution in [3.63, 3.8) is 0 Å². The van der Waals surface area contributed by atoms with Gasteiger partial charge in [-0.05, 0) is 44.3 Å². The van der Waals surface area contributed by atoms with Crippen LogP contribution in [0.3, 0.4) is 0 Å². The van der Waals surface area contributed by atoms with Crippen molar-refractivity contribution >= 4 is 11.6 Å². The molecule has 3 nitrogen and oxygen atoms in total. The topological polar surface area (TPSA) is 28.4 Å². The van der Waals surface area contributed by atoms with Gasteiger partial charge in [0.25, 0.3) is 0 Å². The van der Waals surface area contributed by atoms with Crippen LogP contribution in [-0.2, 0) is 19.6 Å². The molecule has 0 fully saturated rings. The largest absolute Gasteiger partial charge is 0.465 e. The summed E-state index contributed by atoms with van der Waals surface area (Å²) >= 11 is 5.91. The maximum absolute atomic E-state index is 5.91. The number of nitrogens with zero attached hydrogens (tertiary/aromatic N) is 1. The summed E-state index contributed by atoms with van der Waals surface area (Å²) in [4.78, 5) is 2.23. The average molecular weight is 307 g/mol. The highest BCUT2D eigenvalue weighted by molar-refractivity contribution is 6.30.